The van der Waals surface area contributed by atoms with Gasteiger partial charge in [0, 0.05) is 31.9 Å². The van der Waals surface area contributed by atoms with Gasteiger partial charge in [-0.05, 0) is 32.7 Å². The third kappa shape index (κ3) is 2.25. The molecule has 2 rings (SSSR count). The highest BCUT2D eigenvalue weighted by molar-refractivity contribution is 5.06. The van der Waals surface area contributed by atoms with Crippen LogP contribution in [0.1, 0.15) is 25.7 Å². The van der Waals surface area contributed by atoms with Gasteiger partial charge in [-0.3, -0.25) is 0 Å². The molecule has 2 aliphatic rings. The molecule has 0 unspecified atom stereocenters. The summed E-state index contributed by atoms with van der Waals surface area (Å²) < 4.78 is 0. The lowest BCUT2D eigenvalue weighted by Gasteiger charge is -2.34. The maximum absolute atomic E-state index is 2.59. The fraction of sp³-hybridized carbons (Fsp3) is 0.818. The largest absolute Gasteiger partial charge is 0.375 e. The molecule has 0 bridgehead atoms. The molecule has 0 radical (unpaired) electrons. The Morgan fingerprint density at radius 3 is 2.46 bits per heavy atom. The van der Waals surface area contributed by atoms with Crippen molar-refractivity contribution in [2.75, 3.05) is 33.2 Å². The van der Waals surface area contributed by atoms with Crippen LogP contribution in [0.5, 0.6) is 0 Å². The molecule has 0 aromatic heterocycles. The summed E-state index contributed by atoms with van der Waals surface area (Å²) >= 11 is 0. The van der Waals surface area contributed by atoms with Crippen LogP contribution >= 0.6 is 0 Å². The third-order valence-electron chi connectivity index (χ3n) is 3.15. The molecule has 13 heavy (non-hydrogen) atoms. The van der Waals surface area contributed by atoms with Gasteiger partial charge in [0.25, 0.3) is 0 Å². The summed E-state index contributed by atoms with van der Waals surface area (Å²) in [5, 5.41) is 0. The van der Waals surface area contributed by atoms with Crippen LogP contribution in [0, 0.1) is 0 Å². The van der Waals surface area contributed by atoms with Crippen molar-refractivity contribution in [3.05, 3.63) is 11.8 Å². The van der Waals surface area contributed by atoms with Crippen LogP contribution in [0.3, 0.4) is 0 Å². The van der Waals surface area contributed by atoms with Crippen molar-refractivity contribution in [1.82, 2.24) is 9.80 Å². The summed E-state index contributed by atoms with van der Waals surface area (Å²) in [6, 6.07) is 0. The van der Waals surface area contributed by atoms with Crippen LogP contribution in [-0.4, -0.2) is 43.0 Å². The molecule has 0 spiro atoms. The van der Waals surface area contributed by atoms with Crippen LogP contribution in [0.2, 0.25) is 0 Å². The van der Waals surface area contributed by atoms with Gasteiger partial charge in [0.2, 0.25) is 0 Å². The minimum absolute atomic E-state index is 1.14. The smallest absolute Gasteiger partial charge is 0.0180 e. The van der Waals surface area contributed by atoms with Gasteiger partial charge < -0.3 is 9.80 Å². The van der Waals surface area contributed by atoms with Crippen LogP contribution in [0.4, 0.5) is 0 Å². The summed E-state index contributed by atoms with van der Waals surface area (Å²) in [5.74, 6) is 0. The highest BCUT2D eigenvalue weighted by Gasteiger charge is 2.15. The molecule has 1 saturated heterocycles. The summed E-state index contributed by atoms with van der Waals surface area (Å²) in [6.07, 6.45) is 7.90. The number of hydrogen-bond acceptors (Lipinski definition) is 2. The van der Waals surface area contributed by atoms with Crippen molar-refractivity contribution in [3.8, 4) is 0 Å². The molecule has 0 amide bonds. The topological polar surface area (TPSA) is 6.48 Å². The average molecular weight is 180 g/mol. The number of likely N-dealkylation sites (tertiary alicyclic amines) is 1. The van der Waals surface area contributed by atoms with Crippen molar-refractivity contribution in [3.63, 3.8) is 0 Å². The minimum Gasteiger partial charge on any atom is -0.375 e. The first-order valence-corrected chi connectivity index (χ1v) is 5.49. The summed E-state index contributed by atoms with van der Waals surface area (Å²) in [6.45, 7) is 4.99. The van der Waals surface area contributed by atoms with Gasteiger partial charge in [0.05, 0.1) is 0 Å². The first-order chi connectivity index (χ1) is 6.36. The molecule has 0 aromatic carbocycles. The molecule has 0 aliphatic carbocycles. The number of rotatable bonds is 1. The number of likely N-dealkylation sites (N-methyl/N-ethyl adjacent to an activating group) is 1. The zero-order valence-corrected chi connectivity index (χ0v) is 8.63. The first kappa shape index (κ1) is 9.07. The Hall–Kier alpha value is -0.500. The zero-order chi connectivity index (χ0) is 9.10. The molecule has 0 N–H and O–H groups in total. The molecule has 2 aliphatic heterocycles. The molecule has 2 heteroatoms. The van der Waals surface area contributed by atoms with E-state index in [9.17, 15) is 0 Å². The lowest BCUT2D eigenvalue weighted by Crippen LogP contribution is -2.34. The van der Waals surface area contributed by atoms with Crippen LogP contribution < -0.4 is 0 Å². The predicted octanol–water partition coefficient (Wildman–Crippen LogP) is 1.69. The maximum Gasteiger partial charge on any atom is 0.0180 e. The quantitative estimate of drug-likeness (QED) is 0.606. The monoisotopic (exact) mass is 180 g/mol. The van der Waals surface area contributed by atoms with E-state index in [1.54, 1.807) is 5.70 Å². The Labute approximate surface area is 81.2 Å². The number of hydrogen-bond donors (Lipinski definition) is 0. The fourth-order valence-electron chi connectivity index (χ4n) is 2.23. The average Bonchev–Trinajstić information content (AvgIpc) is 2.20. The van der Waals surface area contributed by atoms with E-state index in [4.69, 9.17) is 0 Å². The summed E-state index contributed by atoms with van der Waals surface area (Å²) in [7, 11) is 2.20. The Bertz CT molecular complexity index is 192. The number of nitrogens with zero attached hydrogens (tertiary/aromatic N) is 2. The van der Waals surface area contributed by atoms with Crippen LogP contribution in [-0.2, 0) is 0 Å². The van der Waals surface area contributed by atoms with Crippen molar-refractivity contribution in [1.29, 1.82) is 0 Å². The normalized spacial score (nSPS) is 25.9. The lowest BCUT2D eigenvalue weighted by molar-refractivity contribution is 0.249. The van der Waals surface area contributed by atoms with E-state index in [1.807, 2.05) is 0 Å². The maximum atomic E-state index is 2.59. The van der Waals surface area contributed by atoms with E-state index in [0.717, 1.165) is 6.54 Å². The molecule has 0 saturated carbocycles. The van der Waals surface area contributed by atoms with Crippen molar-refractivity contribution in [2.45, 2.75) is 25.7 Å². The molecular weight excluding hydrogens is 160 g/mol. The second-order valence-corrected chi connectivity index (χ2v) is 4.26. The van der Waals surface area contributed by atoms with Crippen molar-refractivity contribution < 1.29 is 0 Å². The second-order valence-electron chi connectivity index (χ2n) is 4.26. The number of piperidine rings is 1. The Morgan fingerprint density at radius 2 is 1.85 bits per heavy atom. The van der Waals surface area contributed by atoms with Crippen LogP contribution in [0.15, 0.2) is 11.8 Å². The van der Waals surface area contributed by atoms with E-state index < -0.39 is 0 Å². The molecule has 74 valence electrons. The molecular formula is C11H20N2. The van der Waals surface area contributed by atoms with Gasteiger partial charge in [-0.1, -0.05) is 6.08 Å². The first-order valence-electron chi connectivity index (χ1n) is 5.49. The van der Waals surface area contributed by atoms with Crippen molar-refractivity contribution >= 4 is 0 Å². The van der Waals surface area contributed by atoms with Gasteiger partial charge in [0.1, 0.15) is 0 Å². The zero-order valence-electron chi connectivity index (χ0n) is 8.63. The van der Waals surface area contributed by atoms with Gasteiger partial charge in [-0.2, -0.15) is 0 Å². The lowest BCUT2D eigenvalue weighted by atomic mass is 10.1. The van der Waals surface area contributed by atoms with Gasteiger partial charge in [0.15, 0.2) is 0 Å². The van der Waals surface area contributed by atoms with Gasteiger partial charge in [-0.15, -0.1) is 0 Å². The van der Waals surface area contributed by atoms with Crippen LogP contribution in [0.25, 0.3) is 0 Å². The molecule has 2 nitrogen and oxygen atoms in total. The fourth-order valence-corrected chi connectivity index (χ4v) is 2.23. The molecule has 1 fully saturated rings. The summed E-state index contributed by atoms with van der Waals surface area (Å²) in [5.41, 5.74) is 1.61. The summed E-state index contributed by atoms with van der Waals surface area (Å²) in [4.78, 5) is 4.98. The van der Waals surface area contributed by atoms with Gasteiger partial charge >= 0.3 is 0 Å². The standard InChI is InChI=1S/C11H20N2/c1-12-9-5-11(6-10-12)13-7-3-2-4-8-13/h5H,2-4,6-10H2,1H3. The Balaban J connectivity index is 1.92. The molecule has 2 heterocycles. The Morgan fingerprint density at radius 1 is 1.08 bits per heavy atom. The van der Waals surface area contributed by atoms with E-state index in [-0.39, 0.29) is 0 Å². The minimum atomic E-state index is 1.14. The Kier molecular flexibility index (Phi) is 2.89. The predicted molar refractivity (Wildman–Crippen MR) is 55.6 cm³/mol. The van der Waals surface area contributed by atoms with Crippen molar-refractivity contribution in [2.24, 2.45) is 0 Å². The molecule has 0 atom stereocenters. The SMILES string of the molecule is CN1CC=C(N2CCCCC2)CC1. The van der Waals surface area contributed by atoms with E-state index >= 15 is 0 Å². The highest BCUT2D eigenvalue weighted by Crippen LogP contribution is 2.19. The second kappa shape index (κ2) is 4.14. The highest BCUT2D eigenvalue weighted by atomic mass is 15.2. The van der Waals surface area contributed by atoms with E-state index in [1.165, 1.54) is 45.3 Å². The van der Waals surface area contributed by atoms with Gasteiger partial charge in [-0.25, -0.2) is 0 Å². The third-order valence-corrected chi connectivity index (χ3v) is 3.15. The van der Waals surface area contributed by atoms with E-state index in [2.05, 4.69) is 22.9 Å². The molecule has 0 aromatic rings. The van der Waals surface area contributed by atoms with E-state index in [0.29, 0.717) is 0 Å².